The van der Waals surface area contributed by atoms with Gasteiger partial charge < -0.3 is 20.1 Å². The molecule has 0 unspecified atom stereocenters. The summed E-state index contributed by atoms with van der Waals surface area (Å²) in [7, 11) is 1.35. The summed E-state index contributed by atoms with van der Waals surface area (Å²) in [6.07, 6.45) is 1.57. The monoisotopic (exact) mass is 378 g/mol. The number of ether oxygens (including phenoxy) is 2. The van der Waals surface area contributed by atoms with E-state index in [4.69, 9.17) is 9.47 Å². The third-order valence-corrected chi connectivity index (χ3v) is 3.76. The van der Waals surface area contributed by atoms with Gasteiger partial charge in [0.1, 0.15) is 23.7 Å². The van der Waals surface area contributed by atoms with Crippen molar-refractivity contribution in [3.63, 3.8) is 0 Å². The van der Waals surface area contributed by atoms with Crippen molar-refractivity contribution in [2.75, 3.05) is 17.7 Å². The van der Waals surface area contributed by atoms with E-state index in [1.807, 2.05) is 44.2 Å². The molecule has 0 aliphatic carbocycles. The maximum absolute atomic E-state index is 11.9. The first-order valence-corrected chi connectivity index (χ1v) is 8.85. The summed E-state index contributed by atoms with van der Waals surface area (Å²) in [6, 6.07) is 16.5. The summed E-state index contributed by atoms with van der Waals surface area (Å²) in [5.74, 6) is 1.56. The lowest BCUT2D eigenvalue weighted by molar-refractivity contribution is 0.0602. The number of aromatic nitrogens is 2. The molecule has 1 heterocycles. The molecular formula is C21H22N4O3. The van der Waals surface area contributed by atoms with E-state index < -0.39 is 5.97 Å². The maximum Gasteiger partial charge on any atom is 0.339 e. The van der Waals surface area contributed by atoms with Crippen LogP contribution in [0.25, 0.3) is 0 Å². The number of hydrogen-bond acceptors (Lipinski definition) is 7. The van der Waals surface area contributed by atoms with Crippen molar-refractivity contribution in [2.24, 2.45) is 0 Å². The number of esters is 1. The summed E-state index contributed by atoms with van der Waals surface area (Å²) >= 11 is 0. The highest BCUT2D eigenvalue weighted by Crippen LogP contribution is 2.23. The molecule has 1 aromatic heterocycles. The Morgan fingerprint density at radius 2 is 1.64 bits per heavy atom. The summed E-state index contributed by atoms with van der Waals surface area (Å²) in [5.41, 5.74) is 1.91. The molecule has 7 nitrogen and oxygen atoms in total. The van der Waals surface area contributed by atoms with E-state index in [2.05, 4.69) is 20.6 Å². The number of para-hydroxylation sites is 1. The second-order valence-corrected chi connectivity index (χ2v) is 6.27. The lowest BCUT2D eigenvalue weighted by Gasteiger charge is -2.12. The van der Waals surface area contributed by atoms with Crippen molar-refractivity contribution in [3.05, 3.63) is 66.5 Å². The highest BCUT2D eigenvalue weighted by molar-refractivity contribution is 5.96. The average Bonchev–Trinajstić information content (AvgIpc) is 2.69. The van der Waals surface area contributed by atoms with Gasteiger partial charge in [0.05, 0.1) is 24.5 Å². The molecule has 28 heavy (non-hydrogen) atoms. The molecule has 2 aromatic carbocycles. The molecule has 7 heteroatoms. The quantitative estimate of drug-likeness (QED) is 0.584. The molecule has 0 saturated heterocycles. The molecule has 2 N–H and O–H groups in total. The topological polar surface area (TPSA) is 85.4 Å². The molecule has 144 valence electrons. The van der Waals surface area contributed by atoms with E-state index >= 15 is 0 Å². The zero-order valence-corrected chi connectivity index (χ0v) is 16.0. The summed E-state index contributed by atoms with van der Waals surface area (Å²) in [4.78, 5) is 20.4. The van der Waals surface area contributed by atoms with Crippen LogP contribution in [0.15, 0.2) is 60.9 Å². The molecule has 0 radical (unpaired) electrons. The Hall–Kier alpha value is -3.61. The molecule has 0 aliphatic rings. The van der Waals surface area contributed by atoms with Crippen molar-refractivity contribution in [3.8, 4) is 5.75 Å². The molecule has 3 rings (SSSR count). The molecule has 0 bridgehead atoms. The van der Waals surface area contributed by atoms with Gasteiger partial charge in [-0.15, -0.1) is 0 Å². The normalized spacial score (nSPS) is 10.4. The lowest BCUT2D eigenvalue weighted by Crippen LogP contribution is -2.06. The minimum atomic E-state index is -0.417. The first kappa shape index (κ1) is 19.2. The zero-order valence-electron chi connectivity index (χ0n) is 16.0. The van der Waals surface area contributed by atoms with E-state index in [1.54, 1.807) is 24.3 Å². The average molecular weight is 378 g/mol. The van der Waals surface area contributed by atoms with E-state index in [1.165, 1.54) is 13.4 Å². The Morgan fingerprint density at radius 3 is 2.32 bits per heavy atom. The second kappa shape index (κ2) is 8.85. The van der Waals surface area contributed by atoms with Gasteiger partial charge in [-0.25, -0.2) is 14.8 Å². The van der Waals surface area contributed by atoms with Crippen LogP contribution < -0.4 is 15.4 Å². The summed E-state index contributed by atoms with van der Waals surface area (Å²) < 4.78 is 10.5. The third-order valence-electron chi connectivity index (χ3n) is 3.76. The van der Waals surface area contributed by atoms with Crippen LogP contribution in [0.3, 0.4) is 0 Å². The van der Waals surface area contributed by atoms with Crippen LogP contribution in [0, 0.1) is 0 Å². The maximum atomic E-state index is 11.9. The fourth-order valence-electron chi connectivity index (χ4n) is 2.55. The first-order chi connectivity index (χ1) is 13.5. The van der Waals surface area contributed by atoms with Gasteiger partial charge in [0.15, 0.2) is 0 Å². The predicted octanol–water partition coefficient (Wildman–Crippen LogP) is 4.54. The van der Waals surface area contributed by atoms with Crippen LogP contribution in [0.5, 0.6) is 5.75 Å². The minimum Gasteiger partial charge on any atom is -0.491 e. The van der Waals surface area contributed by atoms with Crippen molar-refractivity contribution >= 4 is 29.0 Å². The van der Waals surface area contributed by atoms with Gasteiger partial charge in [-0.1, -0.05) is 12.1 Å². The Labute approximate surface area is 163 Å². The fourth-order valence-corrected chi connectivity index (χ4v) is 2.55. The second-order valence-electron chi connectivity index (χ2n) is 6.27. The van der Waals surface area contributed by atoms with Crippen LogP contribution in [-0.2, 0) is 4.74 Å². The Bertz CT molecular complexity index is 942. The van der Waals surface area contributed by atoms with Crippen molar-refractivity contribution < 1.29 is 14.3 Å². The molecule has 0 fully saturated rings. The number of anilines is 4. The smallest absolute Gasteiger partial charge is 0.339 e. The van der Waals surface area contributed by atoms with Crippen LogP contribution in [0.1, 0.15) is 24.2 Å². The number of nitrogens with one attached hydrogen (secondary N) is 2. The molecule has 0 amide bonds. The van der Waals surface area contributed by atoms with Crippen LogP contribution in [0.2, 0.25) is 0 Å². The Morgan fingerprint density at radius 1 is 0.964 bits per heavy atom. The summed E-state index contributed by atoms with van der Waals surface area (Å²) in [5, 5.41) is 6.35. The van der Waals surface area contributed by atoms with E-state index in [0.717, 1.165) is 11.4 Å². The van der Waals surface area contributed by atoms with Crippen LogP contribution in [-0.4, -0.2) is 29.2 Å². The minimum absolute atomic E-state index is 0.127. The van der Waals surface area contributed by atoms with Crippen LogP contribution >= 0.6 is 0 Å². The van der Waals surface area contributed by atoms with Crippen LogP contribution in [0.4, 0.5) is 23.0 Å². The highest BCUT2D eigenvalue weighted by atomic mass is 16.5. The fraction of sp³-hybridized carbons (Fsp3) is 0.190. The van der Waals surface area contributed by atoms with Gasteiger partial charge in [-0.2, -0.15) is 0 Å². The van der Waals surface area contributed by atoms with E-state index in [0.29, 0.717) is 22.9 Å². The van der Waals surface area contributed by atoms with Gasteiger partial charge in [0, 0.05) is 11.8 Å². The van der Waals surface area contributed by atoms with E-state index in [9.17, 15) is 4.79 Å². The van der Waals surface area contributed by atoms with Crippen molar-refractivity contribution in [1.82, 2.24) is 9.97 Å². The molecule has 0 atom stereocenters. The molecular weight excluding hydrogens is 356 g/mol. The zero-order chi connectivity index (χ0) is 19.9. The standard InChI is InChI=1S/C21H22N4O3/c1-14(2)28-16-10-8-15(9-11-16)24-19-12-20(23-13-22-19)25-18-7-5-4-6-17(18)21(26)27-3/h4-14H,1-3H3,(H2,22,23,24,25). The van der Waals surface area contributed by atoms with Gasteiger partial charge in [-0.3, -0.25) is 0 Å². The van der Waals surface area contributed by atoms with Gasteiger partial charge in [-0.05, 0) is 50.2 Å². The van der Waals surface area contributed by atoms with Crippen molar-refractivity contribution in [1.29, 1.82) is 0 Å². The van der Waals surface area contributed by atoms with Crippen molar-refractivity contribution in [2.45, 2.75) is 20.0 Å². The van der Waals surface area contributed by atoms with Gasteiger partial charge in [0.2, 0.25) is 0 Å². The predicted molar refractivity (Wildman–Crippen MR) is 109 cm³/mol. The molecule has 0 aliphatic heterocycles. The Balaban J connectivity index is 1.74. The molecule has 0 spiro atoms. The Kier molecular flexibility index (Phi) is 6.06. The van der Waals surface area contributed by atoms with Gasteiger partial charge >= 0.3 is 5.97 Å². The highest BCUT2D eigenvalue weighted by Gasteiger charge is 2.11. The number of carbonyl (C=O) groups is 1. The number of hydrogen-bond donors (Lipinski definition) is 2. The summed E-state index contributed by atoms with van der Waals surface area (Å²) in [6.45, 7) is 3.97. The first-order valence-electron chi connectivity index (χ1n) is 8.85. The molecule has 0 saturated carbocycles. The number of methoxy groups -OCH3 is 1. The number of nitrogens with zero attached hydrogens (tertiary/aromatic N) is 2. The SMILES string of the molecule is COC(=O)c1ccccc1Nc1cc(Nc2ccc(OC(C)C)cc2)ncn1. The molecule has 3 aromatic rings. The number of benzene rings is 2. The number of carbonyl (C=O) groups excluding carboxylic acids is 1. The largest absolute Gasteiger partial charge is 0.491 e. The van der Waals surface area contributed by atoms with Gasteiger partial charge in [0.25, 0.3) is 0 Å². The van der Waals surface area contributed by atoms with E-state index in [-0.39, 0.29) is 6.10 Å². The lowest BCUT2D eigenvalue weighted by atomic mass is 10.2. The number of rotatable bonds is 7. The third kappa shape index (κ3) is 4.97.